The number of anilines is 1. The third-order valence-corrected chi connectivity index (χ3v) is 9.41. The van der Waals surface area contributed by atoms with E-state index in [-0.39, 0.29) is 14.5 Å². The van der Waals surface area contributed by atoms with Crippen molar-refractivity contribution in [3.63, 3.8) is 0 Å². The summed E-state index contributed by atoms with van der Waals surface area (Å²) in [4.78, 5) is 16.6. The number of nitrogens with one attached hydrogen (secondary N) is 2. The Morgan fingerprint density at radius 3 is 2.27 bits per heavy atom. The standard InChI is InChI=1S/C25H19ClF9N5O6S2/c1-22(2,9-41)39-48(43,44)18-7-14(19(26)47-18)38-21(42)46-16-8-36-40-17(25(33,34)35)6-13(37-20(16)40)11-3-4-12(24(30,31)32)15(5-11)45-10-23(27,28)29/h3-8,39,41H,9-10H2,1-2H3,(H,38,42). The lowest BCUT2D eigenvalue weighted by molar-refractivity contribution is -0.158. The molecule has 11 nitrogen and oxygen atoms in total. The van der Waals surface area contributed by atoms with Crippen molar-refractivity contribution in [1.82, 2.24) is 19.3 Å². The Labute approximate surface area is 272 Å². The number of carbonyl (C=O) groups is 1. The first-order valence-corrected chi connectivity index (χ1v) is 15.4. The molecule has 0 spiro atoms. The van der Waals surface area contributed by atoms with Crippen molar-refractivity contribution in [1.29, 1.82) is 0 Å². The van der Waals surface area contributed by atoms with Crippen molar-refractivity contribution in [2.24, 2.45) is 0 Å². The number of nitrogens with zero attached hydrogens (tertiary/aromatic N) is 3. The second-order valence-electron chi connectivity index (χ2n) is 10.3. The molecule has 0 atom stereocenters. The van der Waals surface area contributed by atoms with Gasteiger partial charge in [-0.25, -0.2) is 27.4 Å². The number of sulfonamides is 1. The molecule has 3 N–H and O–H groups in total. The van der Waals surface area contributed by atoms with E-state index in [1.807, 2.05) is 0 Å². The number of hydrogen-bond acceptors (Lipinski definition) is 9. The number of aliphatic hydroxyl groups is 1. The van der Waals surface area contributed by atoms with E-state index in [1.165, 1.54) is 13.8 Å². The third kappa shape index (κ3) is 8.59. The highest BCUT2D eigenvalue weighted by atomic mass is 35.5. The van der Waals surface area contributed by atoms with Crippen LogP contribution < -0.4 is 19.5 Å². The first-order chi connectivity index (χ1) is 21.9. The number of rotatable bonds is 9. The van der Waals surface area contributed by atoms with Crippen LogP contribution in [-0.4, -0.2) is 59.1 Å². The number of fused-ring (bicyclic) bond motifs is 1. The van der Waals surface area contributed by atoms with Crippen LogP contribution in [0.1, 0.15) is 25.1 Å². The lowest BCUT2D eigenvalue weighted by Crippen LogP contribution is -2.45. The van der Waals surface area contributed by atoms with Gasteiger partial charge in [-0.15, -0.1) is 11.3 Å². The monoisotopic (exact) mass is 755 g/mol. The fraction of sp³-hybridized carbons (Fsp3) is 0.320. The lowest BCUT2D eigenvalue weighted by atomic mass is 10.1. The van der Waals surface area contributed by atoms with Crippen LogP contribution in [0.3, 0.4) is 0 Å². The Balaban J connectivity index is 1.70. The number of hydrogen-bond donors (Lipinski definition) is 3. The molecule has 0 bridgehead atoms. The molecule has 0 saturated carbocycles. The van der Waals surface area contributed by atoms with Gasteiger partial charge in [-0.3, -0.25) is 5.32 Å². The second kappa shape index (κ2) is 12.9. The van der Waals surface area contributed by atoms with E-state index in [2.05, 4.69) is 24.9 Å². The number of ether oxygens (including phenoxy) is 2. The average molecular weight is 756 g/mol. The first kappa shape index (κ1) is 37.0. The van der Waals surface area contributed by atoms with E-state index in [0.29, 0.717) is 41.8 Å². The highest BCUT2D eigenvalue weighted by molar-refractivity contribution is 7.91. The Hall–Kier alpha value is -3.86. The maximum atomic E-state index is 14.0. The minimum Gasteiger partial charge on any atom is -0.483 e. The molecule has 23 heteroatoms. The number of carbonyl (C=O) groups excluding carboxylic acids is 1. The molecule has 4 rings (SSSR count). The zero-order chi connectivity index (χ0) is 36.0. The van der Waals surface area contributed by atoms with Gasteiger partial charge in [0.2, 0.25) is 0 Å². The summed E-state index contributed by atoms with van der Waals surface area (Å²) in [5.74, 6) is -2.08. The maximum absolute atomic E-state index is 14.0. The Bertz CT molecular complexity index is 1960. The number of benzene rings is 1. The van der Waals surface area contributed by atoms with E-state index in [9.17, 15) is 57.8 Å². The molecule has 0 aliphatic carbocycles. The molecule has 4 aromatic rings. The predicted molar refractivity (Wildman–Crippen MR) is 150 cm³/mol. The lowest BCUT2D eigenvalue weighted by Gasteiger charge is -2.22. The number of aliphatic hydroxyl groups excluding tert-OH is 1. The van der Waals surface area contributed by atoms with Crippen LogP contribution in [0.4, 0.5) is 50.0 Å². The molecule has 3 aromatic heterocycles. The normalized spacial score (nSPS) is 13.2. The van der Waals surface area contributed by atoms with Gasteiger partial charge in [0.05, 0.1) is 35.3 Å². The number of aromatic nitrogens is 3. The van der Waals surface area contributed by atoms with Crippen LogP contribution in [0.2, 0.25) is 4.34 Å². The highest BCUT2D eigenvalue weighted by Crippen LogP contribution is 2.41. The predicted octanol–water partition coefficient (Wildman–Crippen LogP) is 6.75. The molecular formula is C25H19ClF9N5O6S2. The maximum Gasteiger partial charge on any atom is 0.433 e. The minimum absolute atomic E-state index is 0.189. The molecule has 0 aliphatic rings. The van der Waals surface area contributed by atoms with Crippen LogP contribution in [0.25, 0.3) is 16.9 Å². The van der Waals surface area contributed by atoms with E-state index in [4.69, 9.17) is 16.3 Å². The molecule has 262 valence electrons. The molecule has 0 saturated heterocycles. The number of thiophene rings is 1. The smallest absolute Gasteiger partial charge is 0.433 e. The van der Waals surface area contributed by atoms with Crippen LogP contribution in [-0.2, 0) is 22.4 Å². The summed E-state index contributed by atoms with van der Waals surface area (Å²) in [6, 6.07) is 2.63. The molecule has 3 heterocycles. The molecule has 0 radical (unpaired) electrons. The third-order valence-electron chi connectivity index (χ3n) is 5.88. The van der Waals surface area contributed by atoms with E-state index < -0.39 is 97.3 Å². The van der Waals surface area contributed by atoms with Gasteiger partial charge in [0.15, 0.2) is 23.7 Å². The molecule has 1 aromatic carbocycles. The zero-order valence-corrected chi connectivity index (χ0v) is 26.2. The van der Waals surface area contributed by atoms with Gasteiger partial charge in [-0.1, -0.05) is 17.7 Å². The topological polar surface area (TPSA) is 144 Å². The summed E-state index contributed by atoms with van der Waals surface area (Å²) in [5.41, 5.74) is -6.85. The van der Waals surface area contributed by atoms with Crippen molar-refractivity contribution in [3.8, 4) is 22.8 Å². The molecule has 0 aliphatic heterocycles. The van der Waals surface area contributed by atoms with Gasteiger partial charge < -0.3 is 14.6 Å². The van der Waals surface area contributed by atoms with Gasteiger partial charge in [-0.2, -0.15) is 44.6 Å². The van der Waals surface area contributed by atoms with Crippen LogP contribution >= 0.6 is 22.9 Å². The zero-order valence-electron chi connectivity index (χ0n) is 23.8. The van der Waals surface area contributed by atoms with Crippen LogP contribution in [0.5, 0.6) is 11.5 Å². The summed E-state index contributed by atoms with van der Waals surface area (Å²) in [6.07, 6.45) is -16.2. The number of amides is 1. The fourth-order valence-electron chi connectivity index (χ4n) is 3.81. The number of alkyl halides is 9. The quantitative estimate of drug-likeness (QED) is 0.159. The van der Waals surface area contributed by atoms with E-state index >= 15 is 0 Å². The SMILES string of the molecule is CC(C)(CO)NS(=O)(=O)c1cc(NC(=O)Oc2cnn3c(C(F)(F)F)cc(-c4ccc(C(F)(F)F)c(OCC(F)(F)F)c4)nc23)c(Cl)s1. The van der Waals surface area contributed by atoms with E-state index in [1.54, 1.807) is 0 Å². The minimum atomic E-state index is -5.20. The van der Waals surface area contributed by atoms with Crippen molar-refractivity contribution < 1.29 is 67.3 Å². The summed E-state index contributed by atoms with van der Waals surface area (Å²) in [6.45, 7) is 0.0527. The van der Waals surface area contributed by atoms with Crippen molar-refractivity contribution in [2.45, 2.75) is 42.1 Å². The van der Waals surface area contributed by atoms with Gasteiger partial charge in [0.25, 0.3) is 10.0 Å². The summed E-state index contributed by atoms with van der Waals surface area (Å²) < 4.78 is 157. The fourth-order valence-corrected chi connectivity index (χ4v) is 6.85. The Kier molecular flexibility index (Phi) is 9.91. The molecule has 0 unspecified atom stereocenters. The summed E-state index contributed by atoms with van der Waals surface area (Å²) in [5, 5.41) is 14.9. The Morgan fingerprint density at radius 2 is 1.69 bits per heavy atom. The van der Waals surface area contributed by atoms with Gasteiger partial charge >= 0.3 is 24.6 Å². The largest absolute Gasteiger partial charge is 0.483 e. The van der Waals surface area contributed by atoms with Crippen molar-refractivity contribution >= 4 is 50.4 Å². The number of halogens is 10. The average Bonchev–Trinajstić information content (AvgIpc) is 3.52. The van der Waals surface area contributed by atoms with Gasteiger partial charge in [0, 0.05) is 5.56 Å². The first-order valence-electron chi connectivity index (χ1n) is 12.7. The van der Waals surface area contributed by atoms with E-state index in [0.717, 1.165) is 6.07 Å². The van der Waals surface area contributed by atoms with Gasteiger partial charge in [-0.05, 0) is 38.1 Å². The molecule has 0 fully saturated rings. The van der Waals surface area contributed by atoms with Gasteiger partial charge in [0.1, 0.15) is 14.3 Å². The summed E-state index contributed by atoms with van der Waals surface area (Å²) >= 11 is 6.55. The highest BCUT2D eigenvalue weighted by Gasteiger charge is 2.38. The molecule has 1 amide bonds. The summed E-state index contributed by atoms with van der Waals surface area (Å²) in [7, 11) is -4.25. The second-order valence-corrected chi connectivity index (χ2v) is 13.9. The van der Waals surface area contributed by atoms with Crippen LogP contribution in [0.15, 0.2) is 40.7 Å². The van der Waals surface area contributed by atoms with Crippen molar-refractivity contribution in [3.05, 3.63) is 52.1 Å². The Morgan fingerprint density at radius 1 is 1.02 bits per heavy atom. The molecule has 48 heavy (non-hydrogen) atoms. The molecular weight excluding hydrogens is 737 g/mol. The van der Waals surface area contributed by atoms with Crippen LogP contribution in [0, 0.1) is 0 Å². The van der Waals surface area contributed by atoms with Crippen molar-refractivity contribution in [2.75, 3.05) is 18.5 Å².